The molecule has 1 fully saturated rings. The van der Waals surface area contributed by atoms with E-state index in [-0.39, 0.29) is 10.8 Å². The van der Waals surface area contributed by atoms with Gasteiger partial charge in [0.2, 0.25) is 0 Å². The molecule has 3 aliphatic carbocycles. The molecule has 236 valence electrons. The average molecular weight is 630 g/mol. The normalized spacial score (nSPS) is 16.0. The number of nitrogens with zero attached hydrogens (tertiary/aromatic N) is 1. The quantitative estimate of drug-likeness (QED) is 0.187. The molecular weight excluding hydrogens is 591 g/mol. The van der Waals surface area contributed by atoms with E-state index in [1.807, 2.05) is 0 Å². The van der Waals surface area contributed by atoms with Gasteiger partial charge < -0.3 is 4.90 Å². The summed E-state index contributed by atoms with van der Waals surface area (Å²) in [6.45, 7) is 4.75. The number of anilines is 3. The Hall–Kier alpha value is -5.40. The van der Waals surface area contributed by atoms with Crippen molar-refractivity contribution in [2.24, 2.45) is 0 Å². The first-order chi connectivity index (χ1) is 24.0. The molecule has 0 N–H and O–H groups in total. The Kier molecular flexibility index (Phi) is 6.16. The van der Waals surface area contributed by atoms with E-state index in [0.29, 0.717) is 0 Å². The fraction of sp³-hybridized carbons (Fsp3) is 0.167. The lowest BCUT2D eigenvalue weighted by Gasteiger charge is -2.30. The largest absolute Gasteiger partial charge is 0.310 e. The van der Waals surface area contributed by atoms with Crippen molar-refractivity contribution >= 4 is 27.8 Å². The summed E-state index contributed by atoms with van der Waals surface area (Å²) >= 11 is 0. The van der Waals surface area contributed by atoms with Crippen LogP contribution in [0.15, 0.2) is 152 Å². The van der Waals surface area contributed by atoms with Gasteiger partial charge in [0.15, 0.2) is 0 Å². The van der Waals surface area contributed by atoms with Gasteiger partial charge in [-0.05, 0) is 116 Å². The van der Waals surface area contributed by atoms with Gasteiger partial charge in [-0.3, -0.25) is 0 Å². The van der Waals surface area contributed by atoms with Crippen LogP contribution in [0.4, 0.5) is 17.1 Å². The van der Waals surface area contributed by atoms with Crippen LogP contribution >= 0.6 is 0 Å². The zero-order chi connectivity index (χ0) is 32.7. The summed E-state index contributed by atoms with van der Waals surface area (Å²) in [5.41, 5.74) is 17.7. The molecule has 0 amide bonds. The molecule has 1 nitrogen and oxygen atoms in total. The van der Waals surface area contributed by atoms with E-state index >= 15 is 0 Å². The maximum Gasteiger partial charge on any atom is 0.0468 e. The van der Waals surface area contributed by atoms with E-state index < -0.39 is 0 Å². The van der Waals surface area contributed by atoms with Gasteiger partial charge in [-0.15, -0.1) is 0 Å². The SMILES string of the molecule is CC1(C)c2ccccc2-c2cccc(-c3ccc(N(c4ccc5c(c4)C4(CCCC4)c4ccccc4-5)c4ccc5ccccc5c4)cc3)c21. The van der Waals surface area contributed by atoms with Crippen molar-refractivity contribution in [1.29, 1.82) is 0 Å². The first-order valence-electron chi connectivity index (χ1n) is 17.9. The predicted octanol–water partition coefficient (Wildman–Crippen LogP) is 13.1. The maximum absolute atomic E-state index is 2.52. The van der Waals surface area contributed by atoms with Gasteiger partial charge in [0, 0.05) is 27.9 Å². The van der Waals surface area contributed by atoms with E-state index in [1.165, 1.54) is 109 Å². The molecular formula is C48H39N. The minimum atomic E-state index is -0.0590. The van der Waals surface area contributed by atoms with E-state index in [4.69, 9.17) is 0 Å². The Morgan fingerprint density at radius 1 is 0.429 bits per heavy atom. The molecule has 1 saturated carbocycles. The molecule has 7 aromatic carbocycles. The Bertz CT molecular complexity index is 2420. The monoisotopic (exact) mass is 629 g/mol. The molecule has 0 radical (unpaired) electrons. The van der Waals surface area contributed by atoms with Crippen molar-refractivity contribution in [3.05, 3.63) is 174 Å². The van der Waals surface area contributed by atoms with Gasteiger partial charge in [0.25, 0.3) is 0 Å². The fourth-order valence-corrected chi connectivity index (χ4v) is 9.74. The van der Waals surface area contributed by atoms with Gasteiger partial charge in [-0.2, -0.15) is 0 Å². The molecule has 0 aliphatic heterocycles. The number of benzene rings is 7. The summed E-state index contributed by atoms with van der Waals surface area (Å²) in [6, 6.07) is 57.1. The second kappa shape index (κ2) is 10.5. The fourth-order valence-electron chi connectivity index (χ4n) is 9.74. The molecule has 0 saturated heterocycles. The minimum Gasteiger partial charge on any atom is -0.310 e. The van der Waals surface area contributed by atoms with Crippen LogP contribution in [-0.4, -0.2) is 0 Å². The molecule has 0 unspecified atom stereocenters. The zero-order valence-electron chi connectivity index (χ0n) is 28.2. The number of fused-ring (bicyclic) bond motifs is 9. The molecule has 49 heavy (non-hydrogen) atoms. The molecule has 3 aliphatic rings. The third kappa shape index (κ3) is 4.12. The summed E-state index contributed by atoms with van der Waals surface area (Å²) in [5.74, 6) is 0. The Labute approximate surface area is 289 Å². The van der Waals surface area contributed by atoms with E-state index in [9.17, 15) is 0 Å². The average Bonchev–Trinajstić information content (AvgIpc) is 3.82. The number of hydrogen-bond donors (Lipinski definition) is 0. The molecule has 0 bridgehead atoms. The van der Waals surface area contributed by atoms with Gasteiger partial charge in [-0.1, -0.05) is 142 Å². The molecule has 10 rings (SSSR count). The van der Waals surface area contributed by atoms with Crippen molar-refractivity contribution in [3.63, 3.8) is 0 Å². The van der Waals surface area contributed by atoms with Crippen LogP contribution in [0.25, 0.3) is 44.2 Å². The highest BCUT2D eigenvalue weighted by Gasteiger charge is 2.45. The first-order valence-corrected chi connectivity index (χ1v) is 17.9. The van der Waals surface area contributed by atoms with Crippen molar-refractivity contribution in [3.8, 4) is 33.4 Å². The van der Waals surface area contributed by atoms with Crippen LogP contribution in [0.2, 0.25) is 0 Å². The van der Waals surface area contributed by atoms with Gasteiger partial charge in [0.05, 0.1) is 0 Å². The Morgan fingerprint density at radius 2 is 1.00 bits per heavy atom. The Balaban J connectivity index is 1.12. The van der Waals surface area contributed by atoms with Crippen LogP contribution in [0.1, 0.15) is 61.8 Å². The van der Waals surface area contributed by atoms with Crippen LogP contribution in [0, 0.1) is 0 Å². The van der Waals surface area contributed by atoms with Gasteiger partial charge in [-0.25, -0.2) is 0 Å². The molecule has 1 heteroatoms. The first kappa shape index (κ1) is 28.6. The lowest BCUT2D eigenvalue weighted by molar-refractivity contribution is 0.550. The van der Waals surface area contributed by atoms with Crippen LogP contribution < -0.4 is 4.90 Å². The zero-order valence-corrected chi connectivity index (χ0v) is 28.2. The predicted molar refractivity (Wildman–Crippen MR) is 206 cm³/mol. The van der Waals surface area contributed by atoms with Crippen LogP contribution in [-0.2, 0) is 10.8 Å². The highest BCUT2D eigenvalue weighted by molar-refractivity contribution is 5.92. The maximum atomic E-state index is 2.52. The van der Waals surface area contributed by atoms with Crippen LogP contribution in [0.5, 0.6) is 0 Å². The van der Waals surface area contributed by atoms with Crippen molar-refractivity contribution in [1.82, 2.24) is 0 Å². The second-order valence-electron chi connectivity index (χ2n) is 14.9. The summed E-state index contributed by atoms with van der Waals surface area (Å²) in [7, 11) is 0. The Morgan fingerprint density at radius 3 is 1.80 bits per heavy atom. The van der Waals surface area contributed by atoms with Crippen molar-refractivity contribution in [2.75, 3.05) is 4.90 Å². The highest BCUT2D eigenvalue weighted by Crippen LogP contribution is 2.58. The lowest BCUT2D eigenvalue weighted by atomic mass is 9.76. The summed E-state index contributed by atoms with van der Waals surface area (Å²) in [4.78, 5) is 2.47. The van der Waals surface area contributed by atoms with Crippen LogP contribution in [0.3, 0.4) is 0 Å². The lowest BCUT2D eigenvalue weighted by Crippen LogP contribution is -2.21. The smallest absolute Gasteiger partial charge is 0.0468 e. The second-order valence-corrected chi connectivity index (χ2v) is 14.9. The third-order valence-corrected chi connectivity index (χ3v) is 12.0. The van der Waals surface area contributed by atoms with Crippen molar-refractivity contribution < 1.29 is 0 Å². The minimum absolute atomic E-state index is 0.0590. The summed E-state index contributed by atoms with van der Waals surface area (Å²) < 4.78 is 0. The molecule has 1 spiro atoms. The summed E-state index contributed by atoms with van der Waals surface area (Å²) in [5, 5.41) is 2.52. The third-order valence-electron chi connectivity index (χ3n) is 12.0. The topological polar surface area (TPSA) is 3.24 Å². The molecule has 0 aromatic heterocycles. The highest BCUT2D eigenvalue weighted by atomic mass is 15.1. The van der Waals surface area contributed by atoms with E-state index in [2.05, 4.69) is 170 Å². The number of hydrogen-bond acceptors (Lipinski definition) is 1. The number of rotatable bonds is 4. The molecule has 7 aromatic rings. The standard InChI is InChI=1S/C48H39N/c1-47(2)43-18-7-5-15-40(43)42-17-11-16-38(46(42)47)33-21-23-35(24-22-33)49(36-25-20-32-12-3-4-13-34(32)30-36)37-26-27-41-39-14-6-8-19-44(39)48(45(41)31-37)28-9-10-29-48/h3-8,11-27,30-31H,9-10,28-29H2,1-2H3. The van der Waals surface area contributed by atoms with Gasteiger partial charge in [0.1, 0.15) is 0 Å². The van der Waals surface area contributed by atoms with Gasteiger partial charge >= 0.3 is 0 Å². The van der Waals surface area contributed by atoms with Crippen molar-refractivity contribution in [2.45, 2.75) is 50.4 Å². The van der Waals surface area contributed by atoms with E-state index in [0.717, 1.165) is 0 Å². The van der Waals surface area contributed by atoms with E-state index in [1.54, 1.807) is 0 Å². The summed E-state index contributed by atoms with van der Waals surface area (Å²) in [6.07, 6.45) is 5.04. The molecule has 0 heterocycles. The molecule has 0 atom stereocenters.